The number of anilines is 1. The maximum absolute atomic E-state index is 11.8. The Morgan fingerprint density at radius 3 is 2.59 bits per heavy atom. The molecule has 17 heavy (non-hydrogen) atoms. The van der Waals surface area contributed by atoms with Crippen LogP contribution in [0.3, 0.4) is 0 Å². The van der Waals surface area contributed by atoms with Crippen molar-refractivity contribution in [1.82, 2.24) is 5.32 Å². The van der Waals surface area contributed by atoms with E-state index in [0.717, 1.165) is 16.6 Å². The SMILES string of the molecule is CCC(C)NC(=O)C(C)Nc1ccccc1Br. The van der Waals surface area contributed by atoms with Gasteiger partial charge in [0.2, 0.25) is 5.91 Å². The first kappa shape index (κ1) is 14.0. The highest BCUT2D eigenvalue weighted by molar-refractivity contribution is 9.10. The normalized spacial score (nSPS) is 13.9. The number of benzene rings is 1. The van der Waals surface area contributed by atoms with E-state index in [9.17, 15) is 4.79 Å². The molecule has 2 N–H and O–H groups in total. The minimum atomic E-state index is -0.248. The second-order valence-electron chi connectivity index (χ2n) is 4.16. The Hall–Kier alpha value is -1.03. The highest BCUT2D eigenvalue weighted by Gasteiger charge is 2.14. The number of hydrogen-bond acceptors (Lipinski definition) is 2. The Morgan fingerprint density at radius 2 is 2.00 bits per heavy atom. The van der Waals surface area contributed by atoms with Crippen LogP contribution < -0.4 is 10.6 Å². The van der Waals surface area contributed by atoms with Crippen LogP contribution in [0.4, 0.5) is 5.69 Å². The quantitative estimate of drug-likeness (QED) is 0.877. The van der Waals surface area contributed by atoms with E-state index in [0.29, 0.717) is 0 Å². The van der Waals surface area contributed by atoms with E-state index >= 15 is 0 Å². The van der Waals surface area contributed by atoms with E-state index in [1.807, 2.05) is 38.1 Å². The van der Waals surface area contributed by atoms with Crippen molar-refractivity contribution in [3.05, 3.63) is 28.7 Å². The van der Waals surface area contributed by atoms with Crippen molar-refractivity contribution in [3.8, 4) is 0 Å². The Balaban J connectivity index is 2.57. The maximum Gasteiger partial charge on any atom is 0.242 e. The van der Waals surface area contributed by atoms with Crippen molar-refractivity contribution in [1.29, 1.82) is 0 Å². The molecular formula is C13H19BrN2O. The molecule has 1 aromatic carbocycles. The second kappa shape index (κ2) is 6.64. The predicted molar refractivity (Wildman–Crippen MR) is 75.1 cm³/mol. The lowest BCUT2D eigenvalue weighted by Gasteiger charge is -2.18. The number of hydrogen-bond donors (Lipinski definition) is 2. The van der Waals surface area contributed by atoms with Gasteiger partial charge in [-0.25, -0.2) is 0 Å². The van der Waals surface area contributed by atoms with Crippen LogP contribution in [0.5, 0.6) is 0 Å². The van der Waals surface area contributed by atoms with Crippen LogP contribution in [0.1, 0.15) is 27.2 Å². The number of nitrogens with one attached hydrogen (secondary N) is 2. The van der Waals surface area contributed by atoms with Gasteiger partial charge in [-0.05, 0) is 48.3 Å². The van der Waals surface area contributed by atoms with Crippen LogP contribution in [0.25, 0.3) is 0 Å². The lowest BCUT2D eigenvalue weighted by atomic mass is 10.2. The van der Waals surface area contributed by atoms with Gasteiger partial charge in [-0.1, -0.05) is 19.1 Å². The minimum Gasteiger partial charge on any atom is -0.373 e. The van der Waals surface area contributed by atoms with Gasteiger partial charge in [-0.3, -0.25) is 4.79 Å². The molecule has 0 aliphatic rings. The fourth-order valence-electron chi connectivity index (χ4n) is 1.35. The summed E-state index contributed by atoms with van der Waals surface area (Å²) in [6, 6.07) is 7.73. The van der Waals surface area contributed by atoms with Crippen LogP contribution in [-0.2, 0) is 4.79 Å². The van der Waals surface area contributed by atoms with Crippen LogP contribution >= 0.6 is 15.9 Å². The summed E-state index contributed by atoms with van der Waals surface area (Å²) in [6.07, 6.45) is 0.938. The Morgan fingerprint density at radius 1 is 1.35 bits per heavy atom. The Bertz CT molecular complexity index is 381. The Labute approximate surface area is 111 Å². The third-order valence-corrected chi connectivity index (χ3v) is 3.33. The van der Waals surface area contributed by atoms with Gasteiger partial charge < -0.3 is 10.6 Å². The molecule has 0 heterocycles. The highest BCUT2D eigenvalue weighted by Crippen LogP contribution is 2.21. The first-order valence-electron chi connectivity index (χ1n) is 5.86. The van der Waals surface area contributed by atoms with Gasteiger partial charge in [0.25, 0.3) is 0 Å². The van der Waals surface area contributed by atoms with Crippen LogP contribution in [0, 0.1) is 0 Å². The number of carbonyl (C=O) groups is 1. The van der Waals surface area contributed by atoms with Crippen molar-refractivity contribution >= 4 is 27.5 Å². The molecule has 2 unspecified atom stereocenters. The van der Waals surface area contributed by atoms with E-state index in [-0.39, 0.29) is 18.0 Å². The summed E-state index contributed by atoms with van der Waals surface area (Å²) >= 11 is 3.44. The summed E-state index contributed by atoms with van der Waals surface area (Å²) in [4.78, 5) is 11.8. The zero-order valence-electron chi connectivity index (χ0n) is 10.5. The zero-order valence-corrected chi connectivity index (χ0v) is 12.0. The molecule has 0 aliphatic heterocycles. The fourth-order valence-corrected chi connectivity index (χ4v) is 1.75. The van der Waals surface area contributed by atoms with E-state index in [2.05, 4.69) is 33.5 Å². The van der Waals surface area contributed by atoms with Gasteiger partial charge in [0.05, 0.1) is 0 Å². The van der Waals surface area contributed by atoms with Crippen LogP contribution in [-0.4, -0.2) is 18.0 Å². The summed E-state index contributed by atoms with van der Waals surface area (Å²) in [5.74, 6) is 0.0232. The van der Waals surface area contributed by atoms with Crippen molar-refractivity contribution in [2.45, 2.75) is 39.3 Å². The zero-order chi connectivity index (χ0) is 12.8. The molecular weight excluding hydrogens is 280 g/mol. The van der Waals surface area contributed by atoms with Crippen molar-refractivity contribution in [2.75, 3.05) is 5.32 Å². The lowest BCUT2D eigenvalue weighted by molar-refractivity contribution is -0.122. The Kier molecular flexibility index (Phi) is 5.48. The van der Waals surface area contributed by atoms with Gasteiger partial charge in [-0.15, -0.1) is 0 Å². The molecule has 1 rings (SSSR count). The summed E-state index contributed by atoms with van der Waals surface area (Å²) in [6.45, 7) is 5.91. The van der Waals surface area contributed by atoms with Crippen LogP contribution in [0.2, 0.25) is 0 Å². The third kappa shape index (κ3) is 4.38. The molecule has 1 aromatic rings. The predicted octanol–water partition coefficient (Wildman–Crippen LogP) is 3.16. The molecule has 4 heteroatoms. The van der Waals surface area contributed by atoms with Gasteiger partial charge in [-0.2, -0.15) is 0 Å². The summed E-state index contributed by atoms with van der Waals surface area (Å²) in [7, 11) is 0. The molecule has 0 bridgehead atoms. The monoisotopic (exact) mass is 298 g/mol. The van der Waals surface area contributed by atoms with Crippen LogP contribution in [0.15, 0.2) is 28.7 Å². The first-order chi connectivity index (χ1) is 8.04. The van der Waals surface area contributed by atoms with Gasteiger partial charge in [0.1, 0.15) is 6.04 Å². The average molecular weight is 299 g/mol. The lowest BCUT2D eigenvalue weighted by Crippen LogP contribution is -2.41. The number of rotatable bonds is 5. The van der Waals surface area contributed by atoms with Crippen molar-refractivity contribution in [3.63, 3.8) is 0 Å². The molecule has 0 fully saturated rings. The average Bonchev–Trinajstić information content (AvgIpc) is 2.31. The standard InChI is InChI=1S/C13H19BrN2O/c1-4-9(2)15-13(17)10(3)16-12-8-6-5-7-11(12)14/h5-10,16H,4H2,1-3H3,(H,15,17). The fraction of sp³-hybridized carbons (Fsp3) is 0.462. The minimum absolute atomic E-state index is 0.0232. The molecule has 94 valence electrons. The number of carbonyl (C=O) groups excluding carboxylic acids is 1. The van der Waals surface area contributed by atoms with Gasteiger partial charge >= 0.3 is 0 Å². The van der Waals surface area contributed by atoms with Gasteiger partial charge in [0, 0.05) is 16.2 Å². The highest BCUT2D eigenvalue weighted by atomic mass is 79.9. The van der Waals surface area contributed by atoms with E-state index < -0.39 is 0 Å². The number of amides is 1. The molecule has 0 saturated heterocycles. The molecule has 0 radical (unpaired) electrons. The second-order valence-corrected chi connectivity index (χ2v) is 5.02. The molecule has 0 saturated carbocycles. The smallest absolute Gasteiger partial charge is 0.242 e. The molecule has 3 nitrogen and oxygen atoms in total. The van der Waals surface area contributed by atoms with Crippen molar-refractivity contribution in [2.24, 2.45) is 0 Å². The summed E-state index contributed by atoms with van der Waals surface area (Å²) in [5.41, 5.74) is 0.930. The molecule has 1 amide bonds. The molecule has 0 aromatic heterocycles. The van der Waals surface area contributed by atoms with E-state index in [1.165, 1.54) is 0 Å². The summed E-state index contributed by atoms with van der Waals surface area (Å²) in [5, 5.41) is 6.13. The van der Waals surface area contributed by atoms with E-state index in [4.69, 9.17) is 0 Å². The largest absolute Gasteiger partial charge is 0.373 e. The number of para-hydroxylation sites is 1. The number of halogens is 1. The maximum atomic E-state index is 11.8. The van der Waals surface area contributed by atoms with E-state index in [1.54, 1.807) is 0 Å². The first-order valence-corrected chi connectivity index (χ1v) is 6.65. The topological polar surface area (TPSA) is 41.1 Å². The molecule has 0 aliphatic carbocycles. The summed E-state index contributed by atoms with van der Waals surface area (Å²) < 4.78 is 0.961. The van der Waals surface area contributed by atoms with Crippen molar-refractivity contribution < 1.29 is 4.79 Å². The third-order valence-electron chi connectivity index (χ3n) is 2.64. The molecule has 2 atom stereocenters. The molecule has 0 spiro atoms. The van der Waals surface area contributed by atoms with Gasteiger partial charge in [0.15, 0.2) is 0 Å².